The molecule has 0 aromatic carbocycles. The van der Waals surface area contributed by atoms with E-state index < -0.39 is 0 Å². The summed E-state index contributed by atoms with van der Waals surface area (Å²) < 4.78 is 0. The van der Waals surface area contributed by atoms with Crippen LogP contribution < -0.4 is 5.73 Å². The molecule has 3 N–H and O–H groups in total. The van der Waals surface area contributed by atoms with Crippen molar-refractivity contribution in [2.75, 3.05) is 32.4 Å². The first kappa shape index (κ1) is 11.9. The van der Waals surface area contributed by atoms with E-state index in [0.717, 1.165) is 26.1 Å². The summed E-state index contributed by atoms with van der Waals surface area (Å²) in [5.74, 6) is 0.324. The number of carbonyl (C=O) groups is 1. The number of nitrogen functional groups attached to an aromatic ring is 1. The van der Waals surface area contributed by atoms with Crippen LogP contribution in [-0.2, 0) is 0 Å². The standard InChI is InChI=1S/C11H19N5O/c1-3-8-7-16(5-4-15(8)2)11(17)9-6-13-14-10(9)12/h6,8H,3-5,7H2,1-2H3,(H3,12,13,14). The van der Waals surface area contributed by atoms with Crippen molar-refractivity contribution in [3.05, 3.63) is 11.8 Å². The van der Waals surface area contributed by atoms with Crippen LogP contribution in [0.4, 0.5) is 5.82 Å². The number of hydrogen-bond acceptors (Lipinski definition) is 4. The first-order valence-corrected chi connectivity index (χ1v) is 5.91. The number of piperazine rings is 1. The average molecular weight is 237 g/mol. The van der Waals surface area contributed by atoms with E-state index in [1.807, 2.05) is 4.90 Å². The van der Waals surface area contributed by atoms with Crippen LogP contribution in [0.2, 0.25) is 0 Å². The fourth-order valence-electron chi connectivity index (χ4n) is 2.21. The molecule has 1 fully saturated rings. The van der Waals surface area contributed by atoms with Crippen molar-refractivity contribution < 1.29 is 4.79 Å². The molecular formula is C11H19N5O. The Balaban J connectivity index is 2.09. The molecule has 0 saturated carbocycles. The van der Waals surface area contributed by atoms with E-state index in [4.69, 9.17) is 5.73 Å². The first-order valence-electron chi connectivity index (χ1n) is 5.91. The summed E-state index contributed by atoms with van der Waals surface area (Å²) in [6, 6.07) is 0.431. The molecule has 6 heteroatoms. The molecule has 1 aliphatic heterocycles. The van der Waals surface area contributed by atoms with Gasteiger partial charge in [-0.2, -0.15) is 5.10 Å². The third-order valence-corrected chi connectivity index (χ3v) is 3.43. The number of amides is 1. The van der Waals surface area contributed by atoms with Crippen molar-refractivity contribution in [2.45, 2.75) is 19.4 Å². The summed E-state index contributed by atoms with van der Waals surface area (Å²) >= 11 is 0. The number of rotatable bonds is 2. The molecular weight excluding hydrogens is 218 g/mol. The molecule has 17 heavy (non-hydrogen) atoms. The maximum atomic E-state index is 12.2. The lowest BCUT2D eigenvalue weighted by atomic mass is 10.1. The van der Waals surface area contributed by atoms with Crippen LogP contribution in [0.25, 0.3) is 0 Å². The second-order valence-electron chi connectivity index (χ2n) is 4.49. The van der Waals surface area contributed by atoms with Crippen molar-refractivity contribution in [1.29, 1.82) is 0 Å². The van der Waals surface area contributed by atoms with Gasteiger partial charge in [0.2, 0.25) is 0 Å². The summed E-state index contributed by atoms with van der Waals surface area (Å²) in [6.07, 6.45) is 2.54. The third-order valence-electron chi connectivity index (χ3n) is 3.43. The highest BCUT2D eigenvalue weighted by molar-refractivity contribution is 5.98. The zero-order valence-electron chi connectivity index (χ0n) is 10.3. The fraction of sp³-hybridized carbons (Fsp3) is 0.636. The van der Waals surface area contributed by atoms with Gasteiger partial charge in [0.05, 0.1) is 6.20 Å². The number of likely N-dealkylation sites (N-methyl/N-ethyl adjacent to an activating group) is 1. The van der Waals surface area contributed by atoms with E-state index in [1.54, 1.807) is 0 Å². The van der Waals surface area contributed by atoms with Gasteiger partial charge in [0.25, 0.3) is 5.91 Å². The van der Waals surface area contributed by atoms with Gasteiger partial charge in [-0.25, -0.2) is 0 Å². The largest absolute Gasteiger partial charge is 0.383 e. The van der Waals surface area contributed by atoms with E-state index in [9.17, 15) is 4.79 Å². The molecule has 1 aromatic heterocycles. The second kappa shape index (κ2) is 4.75. The van der Waals surface area contributed by atoms with Gasteiger partial charge in [0.1, 0.15) is 11.4 Å². The molecule has 1 amide bonds. The summed E-state index contributed by atoms with van der Waals surface area (Å²) in [5, 5.41) is 6.38. The topological polar surface area (TPSA) is 78.2 Å². The molecule has 1 aliphatic rings. The Kier molecular flexibility index (Phi) is 3.33. The van der Waals surface area contributed by atoms with Crippen molar-refractivity contribution >= 4 is 11.7 Å². The summed E-state index contributed by atoms with van der Waals surface area (Å²) in [6.45, 7) is 4.55. The maximum Gasteiger partial charge on any atom is 0.259 e. The monoisotopic (exact) mass is 237 g/mol. The number of hydrogen-bond donors (Lipinski definition) is 2. The molecule has 2 heterocycles. The van der Waals surface area contributed by atoms with E-state index >= 15 is 0 Å². The van der Waals surface area contributed by atoms with Gasteiger partial charge in [-0.3, -0.25) is 14.8 Å². The van der Waals surface area contributed by atoms with E-state index in [0.29, 0.717) is 17.4 Å². The maximum absolute atomic E-state index is 12.2. The number of aromatic amines is 1. The molecule has 2 rings (SSSR count). The molecule has 0 bridgehead atoms. The van der Waals surface area contributed by atoms with E-state index in [1.165, 1.54) is 6.20 Å². The summed E-state index contributed by atoms with van der Waals surface area (Å²) in [7, 11) is 2.10. The van der Waals surface area contributed by atoms with Crippen molar-refractivity contribution in [2.24, 2.45) is 0 Å². The zero-order valence-corrected chi connectivity index (χ0v) is 10.3. The Morgan fingerprint density at radius 3 is 3.00 bits per heavy atom. The van der Waals surface area contributed by atoms with Crippen LogP contribution in [0, 0.1) is 0 Å². The summed E-state index contributed by atoms with van der Waals surface area (Å²) in [4.78, 5) is 16.4. The van der Waals surface area contributed by atoms with Crippen LogP contribution in [0.5, 0.6) is 0 Å². The molecule has 0 spiro atoms. The van der Waals surface area contributed by atoms with Crippen molar-refractivity contribution in [1.82, 2.24) is 20.0 Å². The SMILES string of the molecule is CCC1CN(C(=O)c2cn[nH]c2N)CCN1C. The highest BCUT2D eigenvalue weighted by atomic mass is 16.2. The number of H-pyrrole nitrogens is 1. The Labute approximate surface area is 101 Å². The van der Waals surface area contributed by atoms with Gasteiger partial charge in [-0.05, 0) is 13.5 Å². The molecule has 1 atom stereocenters. The lowest BCUT2D eigenvalue weighted by molar-refractivity contribution is 0.0543. The van der Waals surface area contributed by atoms with Gasteiger partial charge in [-0.15, -0.1) is 0 Å². The van der Waals surface area contributed by atoms with Gasteiger partial charge < -0.3 is 10.6 Å². The highest BCUT2D eigenvalue weighted by Gasteiger charge is 2.28. The minimum atomic E-state index is -0.0252. The Hall–Kier alpha value is -1.56. The third kappa shape index (κ3) is 2.26. The lowest BCUT2D eigenvalue weighted by Crippen LogP contribution is -2.53. The predicted octanol–water partition coefficient (Wildman–Crippen LogP) is 0.158. The van der Waals surface area contributed by atoms with Crippen LogP contribution in [0.1, 0.15) is 23.7 Å². The number of nitrogens with zero attached hydrogens (tertiary/aromatic N) is 3. The molecule has 0 radical (unpaired) electrons. The van der Waals surface area contributed by atoms with Crippen molar-refractivity contribution in [3.8, 4) is 0 Å². The fourth-order valence-corrected chi connectivity index (χ4v) is 2.21. The van der Waals surface area contributed by atoms with E-state index in [-0.39, 0.29) is 5.91 Å². The van der Waals surface area contributed by atoms with Crippen LogP contribution in [-0.4, -0.2) is 58.6 Å². The van der Waals surface area contributed by atoms with Crippen LogP contribution >= 0.6 is 0 Å². The average Bonchev–Trinajstić information content (AvgIpc) is 2.75. The second-order valence-corrected chi connectivity index (χ2v) is 4.49. The number of nitrogens with two attached hydrogens (primary N) is 1. The quantitative estimate of drug-likeness (QED) is 0.768. The number of carbonyl (C=O) groups excluding carboxylic acids is 1. The predicted molar refractivity (Wildman–Crippen MR) is 65.6 cm³/mol. The van der Waals surface area contributed by atoms with Crippen molar-refractivity contribution in [3.63, 3.8) is 0 Å². The van der Waals surface area contributed by atoms with Gasteiger partial charge in [-0.1, -0.05) is 6.92 Å². The smallest absolute Gasteiger partial charge is 0.259 e. The molecule has 94 valence electrons. The highest BCUT2D eigenvalue weighted by Crippen LogP contribution is 2.16. The molecule has 0 aliphatic carbocycles. The van der Waals surface area contributed by atoms with Crippen LogP contribution in [0.3, 0.4) is 0 Å². The Bertz CT molecular complexity index is 402. The zero-order chi connectivity index (χ0) is 12.4. The van der Waals surface area contributed by atoms with Gasteiger partial charge >= 0.3 is 0 Å². The lowest BCUT2D eigenvalue weighted by Gasteiger charge is -2.39. The summed E-state index contributed by atoms with van der Waals surface area (Å²) in [5.41, 5.74) is 6.14. The minimum absolute atomic E-state index is 0.0252. The first-order chi connectivity index (χ1) is 8.13. The Morgan fingerprint density at radius 1 is 1.65 bits per heavy atom. The molecule has 1 saturated heterocycles. The number of aromatic nitrogens is 2. The van der Waals surface area contributed by atoms with Crippen LogP contribution in [0.15, 0.2) is 6.20 Å². The number of anilines is 1. The number of nitrogens with one attached hydrogen (secondary N) is 1. The van der Waals surface area contributed by atoms with Gasteiger partial charge in [0, 0.05) is 25.7 Å². The minimum Gasteiger partial charge on any atom is -0.383 e. The molecule has 1 unspecified atom stereocenters. The Morgan fingerprint density at radius 2 is 2.41 bits per heavy atom. The normalized spacial score (nSPS) is 21.8. The van der Waals surface area contributed by atoms with Gasteiger partial charge in [0.15, 0.2) is 0 Å². The van der Waals surface area contributed by atoms with E-state index in [2.05, 4.69) is 29.1 Å². The molecule has 6 nitrogen and oxygen atoms in total. The molecule has 1 aromatic rings.